The highest BCUT2D eigenvalue weighted by Gasteiger charge is 2.31. The minimum absolute atomic E-state index is 0.00135. The summed E-state index contributed by atoms with van der Waals surface area (Å²) >= 11 is 5.90. The first-order chi connectivity index (χ1) is 17.0. The van der Waals surface area contributed by atoms with E-state index in [4.69, 9.17) is 25.6 Å². The van der Waals surface area contributed by atoms with Crippen molar-refractivity contribution in [3.63, 3.8) is 0 Å². The molecule has 1 atom stereocenters. The van der Waals surface area contributed by atoms with Crippen LogP contribution in [0.3, 0.4) is 0 Å². The molecule has 1 N–H and O–H groups in total. The first kappa shape index (κ1) is 22.9. The predicted molar refractivity (Wildman–Crippen MR) is 127 cm³/mol. The zero-order valence-electron chi connectivity index (χ0n) is 18.7. The topological polar surface area (TPSA) is 103 Å². The van der Waals surface area contributed by atoms with Crippen molar-refractivity contribution >= 4 is 39.9 Å². The highest BCUT2D eigenvalue weighted by Crippen LogP contribution is 2.37. The summed E-state index contributed by atoms with van der Waals surface area (Å²) in [6, 6.07) is 9.61. The number of benzene rings is 2. The Kier molecular flexibility index (Phi) is 6.37. The largest absolute Gasteiger partial charge is 0.493 e. The summed E-state index contributed by atoms with van der Waals surface area (Å²) in [5.74, 6) is 0.495. The molecular weight excluding hydrogens is 477 g/mol. The Labute approximate surface area is 204 Å². The average molecular weight is 498 g/mol. The normalized spacial score (nSPS) is 15.7. The summed E-state index contributed by atoms with van der Waals surface area (Å²) in [6.45, 7) is 0.529. The van der Waals surface area contributed by atoms with Crippen LogP contribution in [0.1, 0.15) is 29.8 Å². The minimum atomic E-state index is -0.582. The van der Waals surface area contributed by atoms with Crippen molar-refractivity contribution in [2.75, 3.05) is 19.0 Å². The molecule has 5 rings (SSSR count). The number of hydrogen-bond donors (Lipinski definition) is 1. The molecule has 0 radical (unpaired) electrons. The van der Waals surface area contributed by atoms with Crippen LogP contribution in [0.25, 0.3) is 10.9 Å². The van der Waals surface area contributed by atoms with Gasteiger partial charge in [0.2, 0.25) is 5.76 Å². The molecule has 1 amide bonds. The minimum Gasteiger partial charge on any atom is -0.493 e. The van der Waals surface area contributed by atoms with Gasteiger partial charge in [0.25, 0.3) is 5.91 Å². The van der Waals surface area contributed by atoms with Crippen LogP contribution in [-0.2, 0) is 0 Å². The van der Waals surface area contributed by atoms with Crippen molar-refractivity contribution in [2.24, 2.45) is 0 Å². The van der Waals surface area contributed by atoms with Crippen LogP contribution in [0.5, 0.6) is 11.5 Å². The molecule has 0 spiro atoms. The lowest BCUT2D eigenvalue weighted by Crippen LogP contribution is -2.46. The Balaban J connectivity index is 1.47. The van der Waals surface area contributed by atoms with E-state index in [1.807, 2.05) is 0 Å². The highest BCUT2D eigenvalue weighted by molar-refractivity contribution is 6.31. The summed E-state index contributed by atoms with van der Waals surface area (Å²) in [4.78, 5) is 23.1. The molecule has 180 valence electrons. The van der Waals surface area contributed by atoms with Gasteiger partial charge in [0.1, 0.15) is 12.1 Å². The number of halogens is 2. The molecular formula is C24H21ClFN5O4. The van der Waals surface area contributed by atoms with E-state index in [0.29, 0.717) is 41.2 Å². The molecule has 2 aromatic heterocycles. The maximum Gasteiger partial charge on any atom is 0.295 e. The van der Waals surface area contributed by atoms with Gasteiger partial charge in [0.05, 0.1) is 29.5 Å². The van der Waals surface area contributed by atoms with Gasteiger partial charge in [-0.3, -0.25) is 4.79 Å². The number of anilines is 2. The number of carbonyl (C=O) groups excluding carboxylic acids is 1. The van der Waals surface area contributed by atoms with E-state index >= 15 is 0 Å². The van der Waals surface area contributed by atoms with Crippen molar-refractivity contribution in [3.05, 3.63) is 65.5 Å². The maximum atomic E-state index is 14.4. The van der Waals surface area contributed by atoms with Crippen LogP contribution in [0, 0.1) is 5.82 Å². The van der Waals surface area contributed by atoms with Crippen molar-refractivity contribution in [1.82, 2.24) is 20.0 Å². The standard InChI is InChI=1S/C24H21ClFN5O4/c1-33-19-11-14-17(27-13-28-23(14)30-16-6-4-5-15(25)22(16)26)12-20(19)34-21-7-2-3-10-31(21)24(32)18-8-9-29-35-18/h4-6,8-9,11-13,21H,2-3,7,10H2,1H3,(H,27,28,30). The molecule has 1 fully saturated rings. The number of methoxy groups -OCH3 is 1. The smallest absolute Gasteiger partial charge is 0.295 e. The SMILES string of the molecule is COc1cc2c(Nc3cccc(Cl)c3F)ncnc2cc1OC1CCCCN1C(=O)c1ccno1. The lowest BCUT2D eigenvalue weighted by Gasteiger charge is -2.35. The fourth-order valence-electron chi connectivity index (χ4n) is 4.01. The molecule has 0 bridgehead atoms. The molecule has 3 heterocycles. The predicted octanol–water partition coefficient (Wildman–Crippen LogP) is 5.19. The number of hydrogen-bond acceptors (Lipinski definition) is 8. The quantitative estimate of drug-likeness (QED) is 0.388. The Morgan fingerprint density at radius 1 is 1.23 bits per heavy atom. The molecule has 1 unspecified atom stereocenters. The van der Waals surface area contributed by atoms with Gasteiger partial charge in [-0.05, 0) is 31.0 Å². The van der Waals surface area contributed by atoms with E-state index < -0.39 is 12.0 Å². The number of nitrogens with one attached hydrogen (secondary N) is 1. The van der Waals surface area contributed by atoms with Crippen molar-refractivity contribution in [2.45, 2.75) is 25.5 Å². The maximum absolute atomic E-state index is 14.4. The van der Waals surface area contributed by atoms with Crippen molar-refractivity contribution < 1.29 is 23.2 Å². The van der Waals surface area contributed by atoms with E-state index in [9.17, 15) is 9.18 Å². The van der Waals surface area contributed by atoms with Crippen LogP contribution >= 0.6 is 11.6 Å². The number of nitrogens with zero attached hydrogens (tertiary/aromatic N) is 4. The Bertz CT molecular complexity index is 1370. The molecule has 11 heteroatoms. The van der Waals surface area contributed by atoms with E-state index in [0.717, 1.165) is 12.8 Å². The van der Waals surface area contributed by atoms with Gasteiger partial charge in [-0.2, -0.15) is 0 Å². The van der Waals surface area contributed by atoms with Gasteiger partial charge < -0.3 is 24.2 Å². The monoisotopic (exact) mass is 497 g/mol. The van der Waals surface area contributed by atoms with Crippen LogP contribution in [0.4, 0.5) is 15.9 Å². The third kappa shape index (κ3) is 4.57. The summed E-state index contributed by atoms with van der Waals surface area (Å²) in [5.41, 5.74) is 0.727. The fraction of sp³-hybridized carbons (Fsp3) is 0.250. The van der Waals surface area contributed by atoms with E-state index in [-0.39, 0.29) is 22.4 Å². The molecule has 1 aliphatic rings. The summed E-state index contributed by atoms with van der Waals surface area (Å²) in [6.07, 6.45) is 4.68. The number of aromatic nitrogens is 3. The number of ether oxygens (including phenoxy) is 2. The summed E-state index contributed by atoms with van der Waals surface area (Å²) in [7, 11) is 1.51. The third-order valence-electron chi connectivity index (χ3n) is 5.75. The molecule has 1 saturated heterocycles. The number of amides is 1. The van der Waals surface area contributed by atoms with Crippen LogP contribution < -0.4 is 14.8 Å². The summed E-state index contributed by atoms with van der Waals surface area (Å²) in [5, 5.41) is 7.18. The molecule has 35 heavy (non-hydrogen) atoms. The number of likely N-dealkylation sites (tertiary alicyclic amines) is 1. The fourth-order valence-corrected chi connectivity index (χ4v) is 4.19. The number of fused-ring (bicyclic) bond motifs is 1. The summed E-state index contributed by atoms with van der Waals surface area (Å²) < 4.78 is 31.3. The van der Waals surface area contributed by atoms with Gasteiger partial charge in [-0.1, -0.05) is 22.8 Å². The molecule has 2 aromatic carbocycles. The molecule has 0 aliphatic carbocycles. The van der Waals surface area contributed by atoms with Crippen LogP contribution in [0.2, 0.25) is 5.02 Å². The number of carbonyl (C=O) groups is 1. The molecule has 0 saturated carbocycles. The third-order valence-corrected chi connectivity index (χ3v) is 6.04. The highest BCUT2D eigenvalue weighted by atomic mass is 35.5. The van der Waals surface area contributed by atoms with Gasteiger partial charge in [-0.15, -0.1) is 0 Å². The van der Waals surface area contributed by atoms with E-state index in [1.54, 1.807) is 29.2 Å². The van der Waals surface area contributed by atoms with E-state index in [2.05, 4.69) is 20.4 Å². The zero-order chi connectivity index (χ0) is 24.4. The molecule has 9 nitrogen and oxygen atoms in total. The van der Waals surface area contributed by atoms with Crippen LogP contribution in [-0.4, -0.2) is 45.8 Å². The second kappa shape index (κ2) is 9.75. The lowest BCUT2D eigenvalue weighted by atomic mass is 10.1. The van der Waals surface area contributed by atoms with Gasteiger partial charge >= 0.3 is 0 Å². The van der Waals surface area contributed by atoms with Gasteiger partial charge in [0.15, 0.2) is 23.5 Å². The van der Waals surface area contributed by atoms with Crippen molar-refractivity contribution in [1.29, 1.82) is 0 Å². The van der Waals surface area contributed by atoms with Gasteiger partial charge in [0, 0.05) is 30.5 Å². The second-order valence-corrected chi connectivity index (χ2v) is 8.32. The second-order valence-electron chi connectivity index (χ2n) is 7.91. The first-order valence-corrected chi connectivity index (χ1v) is 11.3. The van der Waals surface area contributed by atoms with E-state index in [1.165, 1.54) is 31.8 Å². The lowest BCUT2D eigenvalue weighted by molar-refractivity contribution is -0.00102. The zero-order valence-corrected chi connectivity index (χ0v) is 19.5. The molecule has 1 aliphatic heterocycles. The van der Waals surface area contributed by atoms with Gasteiger partial charge in [-0.25, -0.2) is 14.4 Å². The first-order valence-electron chi connectivity index (χ1n) is 11.0. The number of rotatable bonds is 6. The molecule has 4 aromatic rings. The number of piperidine rings is 1. The Morgan fingerprint density at radius 3 is 2.91 bits per heavy atom. The Morgan fingerprint density at radius 2 is 2.11 bits per heavy atom. The Hall–Kier alpha value is -3.92. The average Bonchev–Trinajstić information content (AvgIpc) is 3.42. The van der Waals surface area contributed by atoms with Crippen molar-refractivity contribution in [3.8, 4) is 11.5 Å². The van der Waals surface area contributed by atoms with Crippen LogP contribution in [0.15, 0.2) is 53.4 Å².